The molecule has 2 aromatic carbocycles. The van der Waals surface area contributed by atoms with Gasteiger partial charge >= 0.3 is 6.03 Å². The van der Waals surface area contributed by atoms with Crippen molar-refractivity contribution in [2.75, 3.05) is 26.5 Å². The van der Waals surface area contributed by atoms with E-state index in [1.165, 1.54) is 0 Å². The molecule has 2 N–H and O–H groups in total. The number of carbonyl (C=O) groups is 1. The third-order valence-electron chi connectivity index (χ3n) is 3.39. The fraction of sp³-hybridized carbons (Fsp3) is 0.278. The molecule has 0 bridgehead atoms. The van der Waals surface area contributed by atoms with Gasteiger partial charge in [-0.25, -0.2) is 4.79 Å². The lowest BCUT2D eigenvalue weighted by Gasteiger charge is -2.13. The van der Waals surface area contributed by atoms with Crippen LogP contribution in [0.3, 0.4) is 0 Å². The van der Waals surface area contributed by atoms with Crippen molar-refractivity contribution < 1.29 is 14.3 Å². The lowest BCUT2D eigenvalue weighted by molar-refractivity contribution is 0.241. The summed E-state index contributed by atoms with van der Waals surface area (Å²) in [6.45, 7) is 0.922. The van der Waals surface area contributed by atoms with Gasteiger partial charge in [-0.3, -0.25) is 0 Å². The SMILES string of the molecule is COc1cccc(CNC(=O)NCCSc2ccc(Cl)cc2)c1OC. The molecule has 0 saturated heterocycles. The van der Waals surface area contributed by atoms with Crippen molar-refractivity contribution in [2.24, 2.45) is 0 Å². The smallest absolute Gasteiger partial charge is 0.315 e. The second kappa shape index (κ2) is 10.1. The molecule has 25 heavy (non-hydrogen) atoms. The molecule has 2 amide bonds. The van der Waals surface area contributed by atoms with E-state index in [1.807, 2.05) is 42.5 Å². The highest BCUT2D eigenvalue weighted by Crippen LogP contribution is 2.30. The molecule has 7 heteroatoms. The minimum Gasteiger partial charge on any atom is -0.493 e. The van der Waals surface area contributed by atoms with Gasteiger partial charge in [-0.2, -0.15) is 0 Å². The van der Waals surface area contributed by atoms with E-state index >= 15 is 0 Å². The molecule has 0 fully saturated rings. The highest BCUT2D eigenvalue weighted by atomic mass is 35.5. The summed E-state index contributed by atoms with van der Waals surface area (Å²) in [7, 11) is 3.16. The van der Waals surface area contributed by atoms with E-state index in [1.54, 1.807) is 26.0 Å². The second-order valence-corrected chi connectivity index (χ2v) is 6.67. The number of nitrogens with one attached hydrogen (secondary N) is 2. The van der Waals surface area contributed by atoms with Crippen molar-refractivity contribution in [2.45, 2.75) is 11.4 Å². The molecule has 0 spiro atoms. The van der Waals surface area contributed by atoms with Crippen LogP contribution in [0.1, 0.15) is 5.56 Å². The topological polar surface area (TPSA) is 59.6 Å². The Bertz CT molecular complexity index is 695. The first-order valence-corrected chi connectivity index (χ1v) is 9.10. The predicted octanol–water partition coefficient (Wildman–Crippen LogP) is 3.95. The monoisotopic (exact) mass is 380 g/mol. The van der Waals surface area contributed by atoms with Crippen LogP contribution in [0.2, 0.25) is 5.02 Å². The molecule has 2 aromatic rings. The fourth-order valence-corrected chi connectivity index (χ4v) is 3.09. The van der Waals surface area contributed by atoms with Crippen molar-refractivity contribution in [3.05, 3.63) is 53.1 Å². The number of halogens is 1. The number of carbonyl (C=O) groups excluding carboxylic acids is 1. The third-order valence-corrected chi connectivity index (χ3v) is 4.66. The van der Waals surface area contributed by atoms with E-state index in [9.17, 15) is 4.79 Å². The first kappa shape index (κ1) is 19.3. The number of ether oxygens (including phenoxy) is 2. The number of rotatable bonds is 8. The lowest BCUT2D eigenvalue weighted by atomic mass is 10.2. The predicted molar refractivity (Wildman–Crippen MR) is 102 cm³/mol. The Morgan fingerprint density at radius 1 is 1.08 bits per heavy atom. The number of amides is 2. The zero-order valence-electron chi connectivity index (χ0n) is 14.2. The Hall–Kier alpha value is -2.05. The molecular formula is C18H21ClN2O3S. The molecule has 0 atom stereocenters. The van der Waals surface area contributed by atoms with Crippen molar-refractivity contribution in [1.29, 1.82) is 0 Å². The number of para-hydroxylation sites is 1. The van der Waals surface area contributed by atoms with Crippen molar-refractivity contribution in [3.63, 3.8) is 0 Å². The summed E-state index contributed by atoms with van der Waals surface area (Å²) >= 11 is 7.51. The summed E-state index contributed by atoms with van der Waals surface area (Å²) in [6.07, 6.45) is 0. The lowest BCUT2D eigenvalue weighted by Crippen LogP contribution is -2.36. The van der Waals surface area contributed by atoms with Crippen molar-refractivity contribution in [3.8, 4) is 11.5 Å². The van der Waals surface area contributed by atoms with Crippen LogP contribution in [0, 0.1) is 0 Å². The second-order valence-electron chi connectivity index (χ2n) is 5.06. The molecule has 0 unspecified atom stereocenters. The number of urea groups is 1. The van der Waals surface area contributed by atoms with E-state index in [0.29, 0.717) is 24.6 Å². The van der Waals surface area contributed by atoms with Gasteiger partial charge in [0, 0.05) is 34.3 Å². The van der Waals surface area contributed by atoms with Gasteiger partial charge in [-0.05, 0) is 30.3 Å². The normalized spacial score (nSPS) is 10.2. The highest BCUT2D eigenvalue weighted by molar-refractivity contribution is 7.99. The Labute approximate surface area is 157 Å². The molecule has 2 rings (SSSR count). The number of thioether (sulfide) groups is 1. The number of hydrogen-bond donors (Lipinski definition) is 2. The minimum absolute atomic E-state index is 0.221. The van der Waals surface area contributed by atoms with E-state index in [0.717, 1.165) is 21.2 Å². The van der Waals surface area contributed by atoms with E-state index in [2.05, 4.69) is 10.6 Å². The van der Waals surface area contributed by atoms with Crippen LogP contribution >= 0.6 is 23.4 Å². The van der Waals surface area contributed by atoms with E-state index in [-0.39, 0.29) is 6.03 Å². The molecule has 0 aliphatic carbocycles. The van der Waals surface area contributed by atoms with Crippen LogP contribution in [0.25, 0.3) is 0 Å². The number of benzene rings is 2. The van der Waals surface area contributed by atoms with Crippen LogP contribution in [0.4, 0.5) is 4.79 Å². The zero-order chi connectivity index (χ0) is 18.1. The average molecular weight is 381 g/mol. The van der Waals surface area contributed by atoms with Gasteiger partial charge in [0.05, 0.1) is 14.2 Å². The maximum absolute atomic E-state index is 11.9. The highest BCUT2D eigenvalue weighted by Gasteiger charge is 2.10. The molecule has 5 nitrogen and oxygen atoms in total. The van der Waals surface area contributed by atoms with Gasteiger partial charge in [-0.1, -0.05) is 23.7 Å². The van der Waals surface area contributed by atoms with Crippen molar-refractivity contribution in [1.82, 2.24) is 10.6 Å². The Morgan fingerprint density at radius 2 is 1.84 bits per heavy atom. The van der Waals surface area contributed by atoms with Crippen molar-refractivity contribution >= 4 is 29.4 Å². The standard InChI is InChI=1S/C18H21ClN2O3S/c1-23-16-5-3-4-13(17(16)24-2)12-21-18(22)20-10-11-25-15-8-6-14(19)7-9-15/h3-9H,10-12H2,1-2H3,(H2,20,21,22). The van der Waals surface area contributed by atoms with Gasteiger partial charge in [0.2, 0.25) is 0 Å². The van der Waals surface area contributed by atoms with Crippen LogP contribution < -0.4 is 20.1 Å². The van der Waals surface area contributed by atoms with Gasteiger partial charge < -0.3 is 20.1 Å². The Morgan fingerprint density at radius 3 is 2.52 bits per heavy atom. The molecule has 0 aromatic heterocycles. The van der Waals surface area contributed by atoms with Crippen LogP contribution in [0.15, 0.2) is 47.4 Å². The summed E-state index contributed by atoms with van der Waals surface area (Å²) in [5.74, 6) is 2.04. The molecule has 134 valence electrons. The van der Waals surface area contributed by atoms with Gasteiger partial charge in [0.25, 0.3) is 0 Å². The maximum atomic E-state index is 11.9. The first-order valence-electron chi connectivity index (χ1n) is 7.74. The van der Waals surface area contributed by atoms with Gasteiger partial charge in [0.15, 0.2) is 11.5 Å². The summed E-state index contributed by atoms with van der Waals surface area (Å²) in [6, 6.07) is 13.0. The molecule has 0 aliphatic heterocycles. The Balaban J connectivity index is 1.73. The zero-order valence-corrected chi connectivity index (χ0v) is 15.7. The largest absolute Gasteiger partial charge is 0.493 e. The third kappa shape index (κ3) is 6.07. The van der Waals surface area contributed by atoms with E-state index < -0.39 is 0 Å². The minimum atomic E-state index is -0.221. The van der Waals surface area contributed by atoms with Gasteiger partial charge in [0.1, 0.15) is 0 Å². The first-order chi connectivity index (χ1) is 12.1. The van der Waals surface area contributed by atoms with E-state index in [4.69, 9.17) is 21.1 Å². The van der Waals surface area contributed by atoms with Gasteiger partial charge in [-0.15, -0.1) is 11.8 Å². The summed E-state index contributed by atoms with van der Waals surface area (Å²) in [4.78, 5) is 13.0. The summed E-state index contributed by atoms with van der Waals surface area (Å²) < 4.78 is 10.6. The van der Waals surface area contributed by atoms with Crippen LogP contribution in [0.5, 0.6) is 11.5 Å². The number of methoxy groups -OCH3 is 2. The Kier molecular flexibility index (Phi) is 7.76. The molecule has 0 radical (unpaired) electrons. The average Bonchev–Trinajstić information content (AvgIpc) is 2.64. The van der Waals surface area contributed by atoms with Crippen LogP contribution in [-0.4, -0.2) is 32.5 Å². The quantitative estimate of drug-likeness (QED) is 0.537. The molecule has 0 aliphatic rings. The molecule has 0 saturated carbocycles. The number of hydrogen-bond acceptors (Lipinski definition) is 4. The summed E-state index contributed by atoms with van der Waals surface area (Å²) in [5, 5.41) is 6.37. The maximum Gasteiger partial charge on any atom is 0.315 e. The molecular weight excluding hydrogens is 360 g/mol. The summed E-state index contributed by atoms with van der Waals surface area (Å²) in [5.41, 5.74) is 0.854. The fourth-order valence-electron chi connectivity index (χ4n) is 2.20. The molecule has 0 heterocycles. The van der Waals surface area contributed by atoms with Crippen LogP contribution in [-0.2, 0) is 6.54 Å².